The van der Waals surface area contributed by atoms with Gasteiger partial charge in [0.15, 0.2) is 0 Å². The van der Waals surface area contributed by atoms with E-state index in [2.05, 4.69) is 13.8 Å². The first kappa shape index (κ1) is 13.3. The maximum atomic E-state index is 5.98. The Morgan fingerprint density at radius 2 is 2.06 bits per heavy atom. The van der Waals surface area contributed by atoms with Crippen LogP contribution in [0.25, 0.3) is 10.2 Å². The largest absolute Gasteiger partial charge is 0.497 e. The van der Waals surface area contributed by atoms with Crippen LogP contribution in [0, 0.1) is 0 Å². The predicted octanol–water partition coefficient (Wildman–Crippen LogP) is 3.32. The van der Waals surface area contributed by atoms with Crippen LogP contribution in [0.15, 0.2) is 18.2 Å². The van der Waals surface area contributed by atoms with Crippen molar-refractivity contribution < 1.29 is 4.74 Å². The number of hydrogen-bond donors (Lipinski definition) is 1. The number of fused-ring (bicyclic) bond motifs is 1. The summed E-state index contributed by atoms with van der Waals surface area (Å²) in [6.07, 6.45) is 2.05. The third kappa shape index (κ3) is 2.10. The molecule has 1 aromatic heterocycles. The van der Waals surface area contributed by atoms with Gasteiger partial charge >= 0.3 is 0 Å². The van der Waals surface area contributed by atoms with Gasteiger partial charge in [0.25, 0.3) is 0 Å². The van der Waals surface area contributed by atoms with E-state index in [9.17, 15) is 0 Å². The van der Waals surface area contributed by atoms with E-state index >= 15 is 0 Å². The Morgan fingerprint density at radius 3 is 2.61 bits per heavy atom. The van der Waals surface area contributed by atoms with E-state index < -0.39 is 0 Å². The van der Waals surface area contributed by atoms with Crippen LogP contribution in [0.4, 0.5) is 0 Å². The number of hydrogen-bond acceptors (Lipinski definition) is 4. The van der Waals surface area contributed by atoms with Gasteiger partial charge in [-0.2, -0.15) is 0 Å². The summed E-state index contributed by atoms with van der Waals surface area (Å²) in [6, 6.07) is 6.01. The summed E-state index contributed by atoms with van der Waals surface area (Å²) in [5.74, 6) is 0.879. The monoisotopic (exact) mass is 264 g/mol. The zero-order chi connectivity index (χ0) is 13.2. The molecule has 1 heterocycles. The number of rotatable bonds is 5. The molecule has 0 fully saturated rings. The number of methoxy groups -OCH3 is 1. The molecule has 0 amide bonds. The molecule has 3 nitrogen and oxygen atoms in total. The van der Waals surface area contributed by atoms with Gasteiger partial charge < -0.3 is 10.5 Å². The molecule has 0 aliphatic rings. The van der Waals surface area contributed by atoms with Crippen LogP contribution in [0.1, 0.15) is 31.7 Å². The van der Waals surface area contributed by atoms with Crippen molar-refractivity contribution in [3.05, 3.63) is 23.2 Å². The second-order valence-corrected chi connectivity index (χ2v) is 5.57. The lowest BCUT2D eigenvalue weighted by Gasteiger charge is -2.27. The fraction of sp³-hybridized carbons (Fsp3) is 0.500. The van der Waals surface area contributed by atoms with Gasteiger partial charge in [-0.3, -0.25) is 0 Å². The first-order valence-electron chi connectivity index (χ1n) is 6.34. The Morgan fingerprint density at radius 1 is 1.33 bits per heavy atom. The quantitative estimate of drug-likeness (QED) is 0.901. The van der Waals surface area contributed by atoms with Gasteiger partial charge in [0.2, 0.25) is 0 Å². The first-order chi connectivity index (χ1) is 8.69. The molecule has 0 saturated carbocycles. The molecule has 0 unspecified atom stereocenters. The van der Waals surface area contributed by atoms with Crippen molar-refractivity contribution in [2.75, 3.05) is 13.7 Å². The van der Waals surface area contributed by atoms with Crippen molar-refractivity contribution in [1.29, 1.82) is 0 Å². The summed E-state index contributed by atoms with van der Waals surface area (Å²) in [6.45, 7) is 5.02. The minimum Gasteiger partial charge on any atom is -0.497 e. The summed E-state index contributed by atoms with van der Waals surface area (Å²) >= 11 is 1.74. The molecule has 0 atom stereocenters. The van der Waals surface area contributed by atoms with Crippen LogP contribution < -0.4 is 10.5 Å². The summed E-state index contributed by atoms with van der Waals surface area (Å²) in [5.41, 5.74) is 7.04. The van der Waals surface area contributed by atoms with Gasteiger partial charge in [-0.25, -0.2) is 4.98 Å². The van der Waals surface area contributed by atoms with Gasteiger partial charge in [0, 0.05) is 12.0 Å². The van der Waals surface area contributed by atoms with E-state index in [0.717, 1.165) is 29.1 Å². The summed E-state index contributed by atoms with van der Waals surface area (Å²) in [4.78, 5) is 4.76. The SMILES string of the molecule is CCC(CC)(CN)c1nc2ccc(OC)cc2s1. The van der Waals surface area contributed by atoms with Crippen LogP contribution in [-0.4, -0.2) is 18.6 Å². The van der Waals surface area contributed by atoms with E-state index in [0.29, 0.717) is 6.54 Å². The molecule has 18 heavy (non-hydrogen) atoms. The fourth-order valence-corrected chi connectivity index (χ4v) is 3.52. The first-order valence-corrected chi connectivity index (χ1v) is 7.16. The molecule has 2 N–H and O–H groups in total. The second-order valence-electron chi connectivity index (χ2n) is 4.54. The van der Waals surface area contributed by atoms with Crippen LogP contribution in [-0.2, 0) is 5.41 Å². The number of thiazole rings is 1. The molecule has 2 rings (SSSR count). The van der Waals surface area contributed by atoms with Gasteiger partial charge in [-0.05, 0) is 31.0 Å². The predicted molar refractivity (Wildman–Crippen MR) is 77.5 cm³/mol. The van der Waals surface area contributed by atoms with Crippen LogP contribution in [0.3, 0.4) is 0 Å². The number of nitrogens with zero attached hydrogens (tertiary/aromatic N) is 1. The lowest BCUT2D eigenvalue weighted by molar-refractivity contribution is 0.405. The Bertz CT molecular complexity index is 523. The molecule has 0 aliphatic carbocycles. The second kappa shape index (κ2) is 5.24. The Labute approximate surface area is 112 Å². The minimum absolute atomic E-state index is 0.0247. The molecule has 0 bridgehead atoms. The Kier molecular flexibility index (Phi) is 3.88. The normalized spacial score (nSPS) is 12.0. The number of benzene rings is 1. The summed E-state index contributed by atoms with van der Waals surface area (Å²) in [5, 5.41) is 1.15. The number of nitrogens with two attached hydrogens (primary N) is 1. The van der Waals surface area contributed by atoms with Crippen LogP contribution in [0.5, 0.6) is 5.75 Å². The van der Waals surface area contributed by atoms with Crippen molar-refractivity contribution in [3.63, 3.8) is 0 Å². The molecule has 1 aromatic carbocycles. The van der Waals surface area contributed by atoms with Crippen LogP contribution in [0.2, 0.25) is 0 Å². The lowest BCUT2D eigenvalue weighted by atomic mass is 9.83. The average molecular weight is 264 g/mol. The fourth-order valence-electron chi connectivity index (χ4n) is 2.19. The molecule has 0 radical (unpaired) electrons. The highest BCUT2D eigenvalue weighted by Gasteiger charge is 2.30. The van der Waals surface area contributed by atoms with E-state index in [1.807, 2.05) is 18.2 Å². The zero-order valence-electron chi connectivity index (χ0n) is 11.2. The maximum Gasteiger partial charge on any atom is 0.120 e. The molecule has 0 aliphatic heterocycles. The third-order valence-electron chi connectivity index (χ3n) is 3.79. The Hall–Kier alpha value is -1.13. The highest BCUT2D eigenvalue weighted by atomic mass is 32.1. The maximum absolute atomic E-state index is 5.98. The molecule has 0 spiro atoms. The van der Waals surface area contributed by atoms with Gasteiger partial charge in [-0.1, -0.05) is 13.8 Å². The highest BCUT2D eigenvalue weighted by molar-refractivity contribution is 7.18. The van der Waals surface area contributed by atoms with Crippen molar-refractivity contribution in [2.45, 2.75) is 32.1 Å². The van der Waals surface area contributed by atoms with E-state index in [1.165, 1.54) is 4.70 Å². The highest BCUT2D eigenvalue weighted by Crippen LogP contribution is 2.37. The van der Waals surface area contributed by atoms with E-state index in [1.54, 1.807) is 18.4 Å². The smallest absolute Gasteiger partial charge is 0.120 e. The van der Waals surface area contributed by atoms with Crippen molar-refractivity contribution in [3.8, 4) is 5.75 Å². The van der Waals surface area contributed by atoms with E-state index in [4.69, 9.17) is 15.5 Å². The number of aromatic nitrogens is 1. The van der Waals surface area contributed by atoms with Gasteiger partial charge in [-0.15, -0.1) is 11.3 Å². The van der Waals surface area contributed by atoms with Crippen molar-refractivity contribution >= 4 is 21.6 Å². The molecule has 98 valence electrons. The summed E-state index contributed by atoms with van der Waals surface area (Å²) in [7, 11) is 1.69. The zero-order valence-corrected chi connectivity index (χ0v) is 12.0. The van der Waals surface area contributed by atoms with Gasteiger partial charge in [0.1, 0.15) is 10.8 Å². The molecular weight excluding hydrogens is 244 g/mol. The molecular formula is C14H20N2OS. The number of ether oxygens (including phenoxy) is 1. The standard InChI is InChI=1S/C14H20N2OS/c1-4-14(5-2,9-15)13-16-11-7-6-10(17-3)8-12(11)18-13/h6-8H,4-5,9,15H2,1-3H3. The van der Waals surface area contributed by atoms with Gasteiger partial charge in [0.05, 0.1) is 17.3 Å². The summed E-state index contributed by atoms with van der Waals surface area (Å²) < 4.78 is 6.42. The van der Waals surface area contributed by atoms with E-state index in [-0.39, 0.29) is 5.41 Å². The van der Waals surface area contributed by atoms with Crippen molar-refractivity contribution in [2.24, 2.45) is 5.73 Å². The Balaban J connectivity index is 2.52. The average Bonchev–Trinajstić information content (AvgIpc) is 2.84. The molecule has 0 saturated heterocycles. The lowest BCUT2D eigenvalue weighted by Crippen LogP contribution is -2.33. The minimum atomic E-state index is 0.0247. The topological polar surface area (TPSA) is 48.1 Å². The molecule has 4 heteroatoms. The van der Waals surface area contributed by atoms with Crippen molar-refractivity contribution in [1.82, 2.24) is 4.98 Å². The molecule has 2 aromatic rings. The van der Waals surface area contributed by atoms with Crippen LogP contribution >= 0.6 is 11.3 Å². The third-order valence-corrected chi connectivity index (χ3v) is 5.06.